The van der Waals surface area contributed by atoms with Crippen LogP contribution in [-0.4, -0.2) is 51.7 Å². The Kier molecular flexibility index (Phi) is 8.46. The first-order valence-electron chi connectivity index (χ1n) is 11.0. The zero-order chi connectivity index (χ0) is 23.8. The molecule has 0 aliphatic heterocycles. The molecular formula is C24H31N3O5S. The molecule has 1 N–H and O–H groups in total. The van der Waals surface area contributed by atoms with Gasteiger partial charge >= 0.3 is 0 Å². The van der Waals surface area contributed by atoms with E-state index < -0.39 is 15.9 Å². The second-order valence-electron chi connectivity index (χ2n) is 8.06. The second kappa shape index (κ2) is 11.3. The van der Waals surface area contributed by atoms with Crippen LogP contribution in [0.5, 0.6) is 11.5 Å². The van der Waals surface area contributed by atoms with E-state index in [9.17, 15) is 13.2 Å². The molecule has 1 aliphatic rings. The van der Waals surface area contributed by atoms with Crippen LogP contribution < -0.4 is 14.9 Å². The lowest BCUT2D eigenvalue weighted by atomic mass is 9.95. The summed E-state index contributed by atoms with van der Waals surface area (Å²) in [5, 5.41) is 4.01. The first-order valence-corrected chi connectivity index (χ1v) is 12.4. The Morgan fingerprint density at radius 2 is 1.79 bits per heavy atom. The number of amides is 1. The van der Waals surface area contributed by atoms with Gasteiger partial charge in [0.05, 0.1) is 31.9 Å². The van der Waals surface area contributed by atoms with Crippen molar-refractivity contribution in [3.8, 4) is 11.5 Å². The lowest BCUT2D eigenvalue weighted by molar-refractivity contribution is -0.121. The Labute approximate surface area is 195 Å². The van der Waals surface area contributed by atoms with Crippen LogP contribution in [0.3, 0.4) is 0 Å². The molecular weight excluding hydrogens is 442 g/mol. The van der Waals surface area contributed by atoms with Gasteiger partial charge in [-0.15, -0.1) is 0 Å². The number of ether oxygens (including phenoxy) is 2. The normalized spacial score (nSPS) is 15.0. The van der Waals surface area contributed by atoms with Crippen LogP contribution in [0.15, 0.2) is 52.5 Å². The van der Waals surface area contributed by atoms with E-state index in [0.29, 0.717) is 17.1 Å². The summed E-state index contributed by atoms with van der Waals surface area (Å²) in [6.07, 6.45) is 5.89. The molecule has 0 bridgehead atoms. The quantitative estimate of drug-likeness (QED) is 0.444. The van der Waals surface area contributed by atoms with Crippen LogP contribution in [0, 0.1) is 6.92 Å². The number of hydrogen-bond donors (Lipinski definition) is 1. The second-order valence-corrected chi connectivity index (χ2v) is 9.95. The van der Waals surface area contributed by atoms with Crippen molar-refractivity contribution in [3.63, 3.8) is 0 Å². The van der Waals surface area contributed by atoms with Gasteiger partial charge < -0.3 is 9.47 Å². The molecule has 1 amide bonds. The van der Waals surface area contributed by atoms with Gasteiger partial charge in [-0.1, -0.05) is 37.0 Å². The Morgan fingerprint density at radius 3 is 2.42 bits per heavy atom. The maximum atomic E-state index is 13.4. The van der Waals surface area contributed by atoms with Gasteiger partial charge in [0.15, 0.2) is 0 Å². The number of nitrogens with zero attached hydrogens (tertiary/aromatic N) is 2. The van der Waals surface area contributed by atoms with Crippen LogP contribution in [0.1, 0.15) is 43.2 Å². The largest absolute Gasteiger partial charge is 0.497 e. The molecule has 0 aromatic heterocycles. The average molecular weight is 474 g/mol. The number of hydrogen-bond acceptors (Lipinski definition) is 6. The van der Waals surface area contributed by atoms with Crippen molar-refractivity contribution in [1.82, 2.24) is 9.73 Å². The van der Waals surface area contributed by atoms with Gasteiger partial charge in [0.1, 0.15) is 11.5 Å². The van der Waals surface area contributed by atoms with Crippen molar-refractivity contribution in [1.29, 1.82) is 0 Å². The summed E-state index contributed by atoms with van der Waals surface area (Å²) in [7, 11) is -0.733. The average Bonchev–Trinajstić information content (AvgIpc) is 2.83. The fourth-order valence-corrected chi connectivity index (χ4v) is 5.56. The van der Waals surface area contributed by atoms with E-state index >= 15 is 0 Å². The van der Waals surface area contributed by atoms with E-state index in [1.54, 1.807) is 49.6 Å². The molecule has 1 aliphatic carbocycles. The number of hydrazone groups is 1. The van der Waals surface area contributed by atoms with Crippen LogP contribution in [0.2, 0.25) is 0 Å². The number of aryl methyl sites for hydroxylation is 1. The minimum atomic E-state index is -3.83. The Hall–Kier alpha value is -2.91. The minimum absolute atomic E-state index is 0.191. The summed E-state index contributed by atoms with van der Waals surface area (Å²) in [5.41, 5.74) is 4.04. The monoisotopic (exact) mass is 473 g/mol. The molecule has 0 radical (unpaired) electrons. The van der Waals surface area contributed by atoms with Crippen molar-refractivity contribution in [2.24, 2.45) is 5.10 Å². The number of sulfonamides is 1. The molecule has 33 heavy (non-hydrogen) atoms. The highest BCUT2D eigenvalue weighted by atomic mass is 32.2. The molecule has 0 saturated heterocycles. The van der Waals surface area contributed by atoms with E-state index in [2.05, 4.69) is 10.5 Å². The molecule has 0 unspecified atom stereocenters. The van der Waals surface area contributed by atoms with E-state index in [1.807, 2.05) is 6.92 Å². The van der Waals surface area contributed by atoms with Crippen molar-refractivity contribution in [2.75, 3.05) is 20.8 Å². The summed E-state index contributed by atoms with van der Waals surface area (Å²) in [6.45, 7) is 1.60. The van der Waals surface area contributed by atoms with Gasteiger partial charge in [-0.25, -0.2) is 13.8 Å². The van der Waals surface area contributed by atoms with Gasteiger partial charge in [0.25, 0.3) is 5.91 Å². The van der Waals surface area contributed by atoms with Gasteiger partial charge in [0, 0.05) is 11.6 Å². The highest BCUT2D eigenvalue weighted by Gasteiger charge is 2.33. The topological polar surface area (TPSA) is 97.3 Å². The Bertz CT molecular complexity index is 1080. The lowest BCUT2D eigenvalue weighted by Crippen LogP contribution is -2.46. The predicted molar refractivity (Wildman–Crippen MR) is 127 cm³/mol. The standard InChI is InChI=1S/C24H31N3O5S/c1-18-9-12-22(13-10-18)33(29,30)27(20-7-5-4-6-8-20)17-24(28)26-25-16-19-15-21(31-2)11-14-23(19)32-3/h9-16,20H,4-8,17H2,1-3H3,(H,26,28)/b25-16-. The van der Waals surface area contributed by atoms with Crippen LogP contribution in [-0.2, 0) is 14.8 Å². The van der Waals surface area contributed by atoms with Crippen LogP contribution in [0.25, 0.3) is 0 Å². The molecule has 178 valence electrons. The van der Waals surface area contributed by atoms with Gasteiger partial charge in [-0.3, -0.25) is 4.79 Å². The number of benzene rings is 2. The summed E-state index contributed by atoms with van der Waals surface area (Å²) in [6, 6.07) is 11.7. The van der Waals surface area contributed by atoms with E-state index in [0.717, 1.165) is 37.7 Å². The lowest BCUT2D eigenvalue weighted by Gasteiger charge is -2.32. The molecule has 2 aromatic carbocycles. The fraction of sp³-hybridized carbons (Fsp3) is 0.417. The molecule has 9 heteroatoms. The molecule has 0 atom stereocenters. The van der Waals surface area contributed by atoms with Gasteiger partial charge in [-0.2, -0.15) is 9.41 Å². The number of methoxy groups -OCH3 is 2. The van der Waals surface area contributed by atoms with Crippen LogP contribution in [0.4, 0.5) is 0 Å². The van der Waals surface area contributed by atoms with Crippen molar-refractivity contribution < 1.29 is 22.7 Å². The molecule has 3 rings (SSSR count). The Morgan fingerprint density at radius 1 is 1.09 bits per heavy atom. The molecule has 0 spiro atoms. The highest BCUT2D eigenvalue weighted by molar-refractivity contribution is 7.89. The van der Waals surface area contributed by atoms with Crippen molar-refractivity contribution in [2.45, 2.75) is 50.0 Å². The number of carbonyl (C=O) groups is 1. The first-order chi connectivity index (χ1) is 15.8. The zero-order valence-electron chi connectivity index (χ0n) is 19.3. The highest BCUT2D eigenvalue weighted by Crippen LogP contribution is 2.28. The number of carbonyl (C=O) groups excluding carboxylic acids is 1. The number of rotatable bonds is 9. The van der Waals surface area contributed by atoms with E-state index in [1.165, 1.54) is 17.6 Å². The third-order valence-electron chi connectivity index (χ3n) is 5.74. The van der Waals surface area contributed by atoms with Crippen molar-refractivity contribution in [3.05, 3.63) is 53.6 Å². The molecule has 1 fully saturated rings. The molecule has 2 aromatic rings. The summed E-state index contributed by atoms with van der Waals surface area (Å²) >= 11 is 0. The molecule has 0 heterocycles. The predicted octanol–water partition coefficient (Wildman–Crippen LogP) is 3.49. The smallest absolute Gasteiger partial charge is 0.255 e. The zero-order valence-corrected chi connectivity index (χ0v) is 20.1. The van der Waals surface area contributed by atoms with Crippen molar-refractivity contribution >= 4 is 22.1 Å². The van der Waals surface area contributed by atoms with E-state index in [4.69, 9.17) is 9.47 Å². The maximum absolute atomic E-state index is 13.4. The minimum Gasteiger partial charge on any atom is -0.497 e. The summed E-state index contributed by atoms with van der Waals surface area (Å²) in [4.78, 5) is 12.9. The third kappa shape index (κ3) is 6.33. The molecule has 8 nitrogen and oxygen atoms in total. The maximum Gasteiger partial charge on any atom is 0.255 e. The summed E-state index contributed by atoms with van der Waals surface area (Å²) in [5.74, 6) is 0.685. The van der Waals surface area contributed by atoms with Gasteiger partial charge in [0.2, 0.25) is 10.0 Å². The fourth-order valence-electron chi connectivity index (χ4n) is 3.92. The van der Waals surface area contributed by atoms with Gasteiger partial charge in [-0.05, 0) is 50.1 Å². The molecule has 1 saturated carbocycles. The van der Waals surface area contributed by atoms with Crippen LogP contribution >= 0.6 is 0 Å². The van der Waals surface area contributed by atoms with E-state index in [-0.39, 0.29) is 17.5 Å². The SMILES string of the molecule is COc1ccc(OC)c(/C=N\NC(=O)CN(C2CCCCC2)S(=O)(=O)c2ccc(C)cc2)c1. The third-order valence-corrected chi connectivity index (χ3v) is 7.65. The Balaban J connectivity index is 1.77. The number of nitrogens with one attached hydrogen (secondary N) is 1. The first kappa shape index (κ1) is 24.7. The summed E-state index contributed by atoms with van der Waals surface area (Å²) < 4.78 is 38.6.